The number of fused-ring (bicyclic) bond motifs is 2. The molecule has 0 N–H and O–H groups in total. The molecule has 2 amide bonds. The molecule has 1 atom stereocenters. The molecular weight excluding hydrogens is 454 g/mol. The number of hydrogen-bond donors (Lipinski definition) is 0. The molecule has 2 saturated heterocycles. The summed E-state index contributed by atoms with van der Waals surface area (Å²) in [6.07, 6.45) is 1.70. The number of carbonyl (C=O) groups excluding carboxylic acids is 2. The van der Waals surface area contributed by atoms with Crippen LogP contribution < -0.4 is 9.47 Å². The fraction of sp³-hybridized carbons (Fsp3) is 0.379. The highest BCUT2D eigenvalue weighted by molar-refractivity contribution is 6.07. The minimum atomic E-state index is -0.127. The van der Waals surface area contributed by atoms with Crippen molar-refractivity contribution in [3.05, 3.63) is 71.8 Å². The lowest BCUT2D eigenvalue weighted by atomic mass is 9.95. The summed E-state index contributed by atoms with van der Waals surface area (Å²) in [4.78, 5) is 33.1. The van der Waals surface area contributed by atoms with Gasteiger partial charge in [-0.3, -0.25) is 14.5 Å². The van der Waals surface area contributed by atoms with Gasteiger partial charge in [-0.2, -0.15) is 0 Å². The highest BCUT2D eigenvalue weighted by atomic mass is 16.7. The van der Waals surface area contributed by atoms with Crippen LogP contribution in [0, 0.1) is 5.92 Å². The fourth-order valence-electron chi connectivity index (χ4n) is 5.63. The fourth-order valence-corrected chi connectivity index (χ4v) is 5.63. The van der Waals surface area contributed by atoms with E-state index in [0.29, 0.717) is 13.1 Å². The van der Waals surface area contributed by atoms with Crippen LogP contribution in [0.5, 0.6) is 11.5 Å². The molecular formula is C29H31N3O4. The number of ether oxygens (including phenoxy) is 2. The number of amides is 2. The lowest BCUT2D eigenvalue weighted by Gasteiger charge is -2.39. The van der Waals surface area contributed by atoms with Gasteiger partial charge in [0, 0.05) is 51.4 Å². The quantitative estimate of drug-likeness (QED) is 0.563. The summed E-state index contributed by atoms with van der Waals surface area (Å²) < 4.78 is 10.9. The molecule has 36 heavy (non-hydrogen) atoms. The summed E-state index contributed by atoms with van der Waals surface area (Å²) in [5, 5.41) is 2.03. The first-order chi connectivity index (χ1) is 17.7. The number of piperidine rings is 1. The zero-order valence-corrected chi connectivity index (χ0v) is 20.4. The molecule has 0 saturated carbocycles. The second-order valence-corrected chi connectivity index (χ2v) is 9.91. The van der Waals surface area contributed by atoms with Gasteiger partial charge in [-0.15, -0.1) is 0 Å². The van der Waals surface area contributed by atoms with E-state index >= 15 is 0 Å². The van der Waals surface area contributed by atoms with E-state index in [0.717, 1.165) is 73.4 Å². The Bertz CT molecular complexity index is 1280. The molecule has 3 aliphatic rings. The SMILES string of the molecule is O=C(c1cccc2ccccc12)N1CCCC(C(=O)N2CCN(Cc3ccc4c(c3)OCO4)CC2)C1. The number of hydrogen-bond acceptors (Lipinski definition) is 5. The Hall–Kier alpha value is -3.58. The molecule has 0 aliphatic carbocycles. The van der Waals surface area contributed by atoms with Crippen LogP contribution >= 0.6 is 0 Å². The molecule has 0 aromatic heterocycles. The lowest BCUT2D eigenvalue weighted by molar-refractivity contribution is -0.138. The van der Waals surface area contributed by atoms with Crippen LogP contribution in [0.4, 0.5) is 0 Å². The van der Waals surface area contributed by atoms with Crippen LogP contribution in [0.1, 0.15) is 28.8 Å². The largest absolute Gasteiger partial charge is 0.454 e. The highest BCUT2D eigenvalue weighted by Crippen LogP contribution is 2.33. The topological polar surface area (TPSA) is 62.3 Å². The Labute approximate surface area is 211 Å². The third-order valence-corrected chi connectivity index (χ3v) is 7.61. The molecule has 2 fully saturated rings. The monoisotopic (exact) mass is 485 g/mol. The Kier molecular flexibility index (Phi) is 6.23. The van der Waals surface area contributed by atoms with Gasteiger partial charge in [0.25, 0.3) is 5.91 Å². The summed E-state index contributed by atoms with van der Waals surface area (Å²) in [5.41, 5.74) is 1.91. The predicted molar refractivity (Wildman–Crippen MR) is 137 cm³/mol. The highest BCUT2D eigenvalue weighted by Gasteiger charge is 2.33. The van der Waals surface area contributed by atoms with Gasteiger partial charge in [-0.25, -0.2) is 0 Å². The Morgan fingerprint density at radius 3 is 2.53 bits per heavy atom. The molecule has 7 nitrogen and oxygen atoms in total. The summed E-state index contributed by atoms with van der Waals surface area (Å²) in [6, 6.07) is 19.9. The molecule has 6 rings (SSSR count). The number of likely N-dealkylation sites (tertiary alicyclic amines) is 1. The van der Waals surface area contributed by atoms with Gasteiger partial charge in [-0.05, 0) is 47.4 Å². The van der Waals surface area contributed by atoms with Crippen molar-refractivity contribution in [2.75, 3.05) is 46.1 Å². The van der Waals surface area contributed by atoms with Crippen LogP contribution in [-0.4, -0.2) is 72.6 Å². The van der Waals surface area contributed by atoms with E-state index < -0.39 is 0 Å². The number of carbonyl (C=O) groups is 2. The minimum absolute atomic E-state index is 0.0258. The van der Waals surface area contributed by atoms with Crippen molar-refractivity contribution >= 4 is 22.6 Å². The number of nitrogens with zero attached hydrogens (tertiary/aromatic N) is 3. The van der Waals surface area contributed by atoms with E-state index in [9.17, 15) is 9.59 Å². The Morgan fingerprint density at radius 2 is 1.64 bits per heavy atom. The van der Waals surface area contributed by atoms with Crippen molar-refractivity contribution in [2.45, 2.75) is 19.4 Å². The second kappa shape index (κ2) is 9.82. The Morgan fingerprint density at radius 1 is 0.833 bits per heavy atom. The smallest absolute Gasteiger partial charge is 0.254 e. The number of piperazine rings is 1. The zero-order valence-electron chi connectivity index (χ0n) is 20.4. The molecule has 186 valence electrons. The van der Waals surface area contributed by atoms with Gasteiger partial charge < -0.3 is 19.3 Å². The maximum atomic E-state index is 13.4. The average Bonchev–Trinajstić information content (AvgIpc) is 3.40. The van der Waals surface area contributed by atoms with Crippen molar-refractivity contribution in [2.24, 2.45) is 5.92 Å². The van der Waals surface area contributed by atoms with Crippen LogP contribution in [-0.2, 0) is 11.3 Å². The number of rotatable bonds is 4. The van der Waals surface area contributed by atoms with Gasteiger partial charge in [-0.1, -0.05) is 42.5 Å². The van der Waals surface area contributed by atoms with E-state index in [2.05, 4.69) is 11.0 Å². The van der Waals surface area contributed by atoms with Gasteiger partial charge in [0.15, 0.2) is 11.5 Å². The van der Waals surface area contributed by atoms with E-state index in [1.807, 2.05) is 64.4 Å². The number of benzene rings is 3. The first-order valence-corrected chi connectivity index (χ1v) is 12.8. The van der Waals surface area contributed by atoms with Gasteiger partial charge in [0.1, 0.15) is 0 Å². The van der Waals surface area contributed by atoms with Crippen LogP contribution in [0.2, 0.25) is 0 Å². The third-order valence-electron chi connectivity index (χ3n) is 7.61. The zero-order chi connectivity index (χ0) is 24.5. The molecule has 3 aromatic rings. The van der Waals surface area contributed by atoms with Gasteiger partial charge >= 0.3 is 0 Å². The maximum absolute atomic E-state index is 13.4. The van der Waals surface area contributed by atoms with Crippen molar-refractivity contribution in [3.63, 3.8) is 0 Å². The molecule has 3 aromatic carbocycles. The van der Waals surface area contributed by atoms with E-state index in [4.69, 9.17) is 9.47 Å². The molecule has 3 heterocycles. The molecule has 0 radical (unpaired) electrons. The van der Waals surface area contributed by atoms with E-state index in [1.54, 1.807) is 0 Å². The summed E-state index contributed by atoms with van der Waals surface area (Å²) in [7, 11) is 0. The van der Waals surface area contributed by atoms with E-state index in [-0.39, 0.29) is 24.5 Å². The van der Waals surface area contributed by atoms with Crippen molar-refractivity contribution < 1.29 is 19.1 Å². The van der Waals surface area contributed by atoms with Crippen LogP contribution in [0.3, 0.4) is 0 Å². The molecule has 0 spiro atoms. The van der Waals surface area contributed by atoms with Gasteiger partial charge in [0.2, 0.25) is 12.7 Å². The standard InChI is InChI=1S/C29H31N3O4/c33-28(31-15-13-30(14-16-31)18-21-10-11-26-27(17-21)36-20-35-26)23-7-4-12-32(19-23)29(34)25-9-3-6-22-5-1-2-8-24(22)25/h1-3,5-6,8-11,17,23H,4,7,12-16,18-20H2. The average molecular weight is 486 g/mol. The summed E-state index contributed by atoms with van der Waals surface area (Å²) >= 11 is 0. The molecule has 0 bridgehead atoms. The van der Waals surface area contributed by atoms with Crippen molar-refractivity contribution in [1.29, 1.82) is 0 Å². The first kappa shape index (κ1) is 22.9. The second-order valence-electron chi connectivity index (χ2n) is 9.91. The van der Waals surface area contributed by atoms with Crippen LogP contribution in [0.15, 0.2) is 60.7 Å². The van der Waals surface area contributed by atoms with Crippen LogP contribution in [0.25, 0.3) is 10.8 Å². The third kappa shape index (κ3) is 4.51. The van der Waals surface area contributed by atoms with Crippen molar-refractivity contribution in [1.82, 2.24) is 14.7 Å². The van der Waals surface area contributed by atoms with Crippen molar-refractivity contribution in [3.8, 4) is 11.5 Å². The summed E-state index contributed by atoms with van der Waals surface area (Å²) in [5.74, 6) is 1.69. The maximum Gasteiger partial charge on any atom is 0.254 e. The van der Waals surface area contributed by atoms with E-state index in [1.165, 1.54) is 5.56 Å². The van der Waals surface area contributed by atoms with Gasteiger partial charge in [0.05, 0.1) is 5.92 Å². The minimum Gasteiger partial charge on any atom is -0.454 e. The first-order valence-electron chi connectivity index (χ1n) is 12.8. The molecule has 7 heteroatoms. The summed E-state index contributed by atoms with van der Waals surface area (Å²) in [6.45, 7) is 5.43. The molecule has 1 unspecified atom stereocenters. The molecule has 3 aliphatic heterocycles. The Balaban J connectivity index is 1.06. The normalized spacial score (nSPS) is 20.1. The predicted octanol–water partition coefficient (Wildman–Crippen LogP) is 3.77. The lowest BCUT2D eigenvalue weighted by Crippen LogP contribution is -2.52.